The fourth-order valence-electron chi connectivity index (χ4n) is 1.92. The lowest BCUT2D eigenvalue weighted by Crippen LogP contribution is -1.91. The fraction of sp³-hybridized carbons (Fsp3) is 0.333. The molecule has 2 aromatic heterocycles. The first-order valence-corrected chi connectivity index (χ1v) is 8.02. The van der Waals surface area contributed by atoms with Gasteiger partial charge in [-0.15, -0.1) is 5.10 Å². The summed E-state index contributed by atoms with van der Waals surface area (Å²) in [4.78, 5) is 8.84. The maximum atomic E-state index is 5.25. The fourth-order valence-corrected chi connectivity index (χ4v) is 2.68. The minimum atomic E-state index is 0.00877. The van der Waals surface area contributed by atoms with Gasteiger partial charge in [-0.25, -0.2) is 4.98 Å². The van der Waals surface area contributed by atoms with E-state index in [0.29, 0.717) is 11.0 Å². The largest absolute Gasteiger partial charge is 0.338 e. The molecule has 3 rings (SSSR count). The SMILES string of the molecule is CCc1noc([C@H](C)Sc2n[nH]c(-c3ccc(C)cc3)n2)n1. The first-order chi connectivity index (χ1) is 10.7. The molecule has 0 unspecified atom stereocenters. The number of hydrogen-bond donors (Lipinski definition) is 1. The van der Waals surface area contributed by atoms with Gasteiger partial charge in [-0.3, -0.25) is 5.10 Å². The Morgan fingerprint density at radius 3 is 2.68 bits per heavy atom. The monoisotopic (exact) mass is 315 g/mol. The molecule has 6 nitrogen and oxygen atoms in total. The standard InChI is InChI=1S/C15H17N5OS/c1-4-12-16-14(21-20-12)10(3)22-15-17-13(18-19-15)11-7-5-9(2)6-8-11/h5-8,10H,4H2,1-3H3,(H,17,18,19)/t10-/m0/s1. The van der Waals surface area contributed by atoms with Crippen LogP contribution in [0.3, 0.4) is 0 Å². The highest BCUT2D eigenvalue weighted by Crippen LogP contribution is 2.32. The summed E-state index contributed by atoms with van der Waals surface area (Å²) >= 11 is 1.49. The zero-order valence-electron chi connectivity index (χ0n) is 12.7. The molecule has 0 aliphatic heterocycles. The van der Waals surface area contributed by atoms with Crippen molar-refractivity contribution in [1.29, 1.82) is 0 Å². The zero-order valence-corrected chi connectivity index (χ0v) is 13.5. The van der Waals surface area contributed by atoms with Gasteiger partial charge in [0.15, 0.2) is 11.6 Å². The van der Waals surface area contributed by atoms with Gasteiger partial charge in [-0.1, -0.05) is 53.7 Å². The molecule has 22 heavy (non-hydrogen) atoms. The minimum absolute atomic E-state index is 0.00877. The summed E-state index contributed by atoms with van der Waals surface area (Å²) in [6.45, 7) is 6.05. The van der Waals surface area contributed by atoms with Gasteiger partial charge in [-0.2, -0.15) is 4.98 Å². The van der Waals surface area contributed by atoms with E-state index in [9.17, 15) is 0 Å². The van der Waals surface area contributed by atoms with Crippen LogP contribution < -0.4 is 0 Å². The smallest absolute Gasteiger partial charge is 0.239 e. The number of thioether (sulfide) groups is 1. The van der Waals surface area contributed by atoms with Crippen molar-refractivity contribution in [2.24, 2.45) is 0 Å². The number of nitrogens with one attached hydrogen (secondary N) is 1. The number of aryl methyl sites for hydroxylation is 2. The average Bonchev–Trinajstić information content (AvgIpc) is 3.17. The van der Waals surface area contributed by atoms with Gasteiger partial charge in [0.25, 0.3) is 0 Å². The van der Waals surface area contributed by atoms with Crippen LogP contribution in [0.4, 0.5) is 0 Å². The number of aromatic nitrogens is 5. The molecule has 1 atom stereocenters. The molecule has 1 aromatic carbocycles. The van der Waals surface area contributed by atoms with Crippen LogP contribution in [-0.4, -0.2) is 25.3 Å². The summed E-state index contributed by atoms with van der Waals surface area (Å²) in [7, 11) is 0. The third-order valence-corrected chi connectivity index (χ3v) is 4.17. The Balaban J connectivity index is 1.72. The van der Waals surface area contributed by atoms with Crippen molar-refractivity contribution in [2.75, 3.05) is 0 Å². The predicted molar refractivity (Wildman–Crippen MR) is 84.5 cm³/mol. The van der Waals surface area contributed by atoms with Crippen LogP contribution in [0.15, 0.2) is 33.9 Å². The van der Waals surface area contributed by atoms with Crippen molar-refractivity contribution in [3.05, 3.63) is 41.5 Å². The molecule has 114 valence electrons. The first kappa shape index (κ1) is 14.8. The number of H-pyrrole nitrogens is 1. The van der Waals surface area contributed by atoms with Crippen LogP contribution >= 0.6 is 11.8 Å². The van der Waals surface area contributed by atoms with Crippen molar-refractivity contribution < 1.29 is 4.52 Å². The molecule has 0 aliphatic carbocycles. The lowest BCUT2D eigenvalue weighted by atomic mass is 10.1. The average molecular weight is 315 g/mol. The molecular weight excluding hydrogens is 298 g/mol. The summed E-state index contributed by atoms with van der Waals surface area (Å²) in [6, 6.07) is 8.16. The zero-order chi connectivity index (χ0) is 15.5. The lowest BCUT2D eigenvalue weighted by Gasteiger charge is -2.01. The van der Waals surface area contributed by atoms with E-state index in [-0.39, 0.29) is 5.25 Å². The first-order valence-electron chi connectivity index (χ1n) is 7.14. The third-order valence-electron chi connectivity index (χ3n) is 3.22. The maximum Gasteiger partial charge on any atom is 0.239 e. The second-order valence-electron chi connectivity index (χ2n) is 5.00. The van der Waals surface area contributed by atoms with E-state index in [4.69, 9.17) is 4.52 Å². The van der Waals surface area contributed by atoms with E-state index in [1.54, 1.807) is 0 Å². The molecule has 0 amide bonds. The van der Waals surface area contributed by atoms with Gasteiger partial charge >= 0.3 is 0 Å². The highest BCUT2D eigenvalue weighted by atomic mass is 32.2. The van der Waals surface area contributed by atoms with Crippen LogP contribution in [0.2, 0.25) is 0 Å². The Morgan fingerprint density at radius 2 is 2.00 bits per heavy atom. The van der Waals surface area contributed by atoms with Crippen LogP contribution in [0.25, 0.3) is 11.4 Å². The third kappa shape index (κ3) is 3.19. The van der Waals surface area contributed by atoms with Gasteiger partial charge in [0.2, 0.25) is 11.0 Å². The van der Waals surface area contributed by atoms with Crippen molar-refractivity contribution in [1.82, 2.24) is 25.3 Å². The Morgan fingerprint density at radius 1 is 1.23 bits per heavy atom. The molecule has 0 bridgehead atoms. The van der Waals surface area contributed by atoms with Crippen molar-refractivity contribution >= 4 is 11.8 Å². The molecule has 7 heteroatoms. The van der Waals surface area contributed by atoms with E-state index in [1.165, 1.54) is 17.3 Å². The summed E-state index contributed by atoms with van der Waals surface area (Å²) in [5.41, 5.74) is 2.23. The highest BCUT2D eigenvalue weighted by molar-refractivity contribution is 7.99. The van der Waals surface area contributed by atoms with E-state index in [0.717, 1.165) is 23.6 Å². The summed E-state index contributed by atoms with van der Waals surface area (Å²) in [5.74, 6) is 2.08. The molecule has 3 aromatic rings. The quantitative estimate of drug-likeness (QED) is 0.725. The van der Waals surface area contributed by atoms with E-state index >= 15 is 0 Å². The van der Waals surface area contributed by atoms with Gasteiger partial charge in [0.05, 0.1) is 5.25 Å². The molecular formula is C15H17N5OS. The van der Waals surface area contributed by atoms with E-state index < -0.39 is 0 Å². The van der Waals surface area contributed by atoms with Crippen molar-refractivity contribution in [3.63, 3.8) is 0 Å². The molecule has 0 radical (unpaired) electrons. The Kier molecular flexibility index (Phi) is 4.24. The second-order valence-corrected chi connectivity index (χ2v) is 6.30. The summed E-state index contributed by atoms with van der Waals surface area (Å²) in [6.07, 6.45) is 0.763. The Bertz CT molecular complexity index is 749. The van der Waals surface area contributed by atoms with Gasteiger partial charge in [0.1, 0.15) is 0 Å². The second kappa shape index (κ2) is 6.31. The number of benzene rings is 1. The molecule has 0 saturated carbocycles. The molecule has 0 saturated heterocycles. The minimum Gasteiger partial charge on any atom is -0.338 e. The maximum absolute atomic E-state index is 5.25. The number of hydrogen-bond acceptors (Lipinski definition) is 6. The Hall–Kier alpha value is -2.15. The normalized spacial score (nSPS) is 12.5. The van der Waals surface area contributed by atoms with Crippen molar-refractivity contribution in [3.8, 4) is 11.4 Å². The molecule has 0 fully saturated rings. The van der Waals surface area contributed by atoms with Gasteiger partial charge < -0.3 is 4.52 Å². The van der Waals surface area contributed by atoms with Gasteiger partial charge in [0, 0.05) is 12.0 Å². The van der Waals surface area contributed by atoms with Gasteiger partial charge in [-0.05, 0) is 13.8 Å². The van der Waals surface area contributed by atoms with Crippen LogP contribution in [0.1, 0.15) is 36.4 Å². The Labute approximate surface area is 132 Å². The van der Waals surface area contributed by atoms with E-state index in [2.05, 4.69) is 44.4 Å². The number of nitrogens with zero attached hydrogens (tertiary/aromatic N) is 4. The molecule has 0 aliphatic rings. The van der Waals surface area contributed by atoms with E-state index in [1.807, 2.05) is 26.0 Å². The van der Waals surface area contributed by atoms with Crippen LogP contribution in [0.5, 0.6) is 0 Å². The summed E-state index contributed by atoms with van der Waals surface area (Å²) in [5, 5.41) is 11.8. The lowest BCUT2D eigenvalue weighted by molar-refractivity contribution is 0.375. The highest BCUT2D eigenvalue weighted by Gasteiger charge is 2.17. The molecule has 2 heterocycles. The topological polar surface area (TPSA) is 80.5 Å². The predicted octanol–water partition coefficient (Wildman–Crippen LogP) is 3.58. The van der Waals surface area contributed by atoms with Crippen molar-refractivity contribution in [2.45, 2.75) is 37.6 Å². The summed E-state index contributed by atoms with van der Waals surface area (Å²) < 4.78 is 5.25. The molecule has 1 N–H and O–H groups in total. The number of aromatic amines is 1. The van der Waals surface area contributed by atoms with Crippen LogP contribution in [0, 0.1) is 6.92 Å². The van der Waals surface area contributed by atoms with Crippen LogP contribution in [-0.2, 0) is 6.42 Å². The number of rotatable bonds is 5. The molecule has 0 spiro atoms.